The Bertz CT molecular complexity index is 626. The molecule has 0 saturated carbocycles. The summed E-state index contributed by atoms with van der Waals surface area (Å²) in [4.78, 5) is 17.0. The zero-order chi connectivity index (χ0) is 16.8. The Morgan fingerprint density at radius 1 is 1.29 bits per heavy atom. The number of aryl methyl sites for hydroxylation is 1. The number of rotatable bonds is 6. The topological polar surface area (TPSA) is 23.6 Å². The molecule has 0 radical (unpaired) electrons. The number of carbonyl (C=O) groups is 1. The number of likely N-dealkylation sites (N-methyl/N-ethyl adjacent to an activating group) is 1. The first kappa shape index (κ1) is 17.2. The fourth-order valence-corrected chi connectivity index (χ4v) is 4.09. The third-order valence-corrected chi connectivity index (χ3v) is 5.58. The molecule has 1 aromatic heterocycles. The second kappa shape index (κ2) is 8.45. The number of thiophene rings is 1. The molecule has 1 atom stereocenters. The molecule has 1 saturated heterocycles. The van der Waals surface area contributed by atoms with Crippen molar-refractivity contribution in [2.75, 3.05) is 26.7 Å². The molecule has 0 aliphatic carbocycles. The summed E-state index contributed by atoms with van der Waals surface area (Å²) in [5.41, 5.74) is 2.24. The van der Waals surface area contributed by atoms with Gasteiger partial charge in [0.15, 0.2) is 0 Å². The number of hydrogen-bond acceptors (Lipinski definition) is 3. The van der Waals surface area contributed by atoms with Crippen molar-refractivity contribution in [2.24, 2.45) is 0 Å². The molecule has 3 nitrogen and oxygen atoms in total. The van der Waals surface area contributed by atoms with Gasteiger partial charge in [-0.2, -0.15) is 11.3 Å². The van der Waals surface area contributed by atoms with Gasteiger partial charge in [0.25, 0.3) is 5.91 Å². The van der Waals surface area contributed by atoms with Crippen LogP contribution < -0.4 is 0 Å². The summed E-state index contributed by atoms with van der Waals surface area (Å²) in [5.74, 6) is 0.160. The lowest BCUT2D eigenvalue weighted by Gasteiger charge is -2.37. The number of benzene rings is 1. The third-order valence-electron chi connectivity index (χ3n) is 4.90. The van der Waals surface area contributed by atoms with Crippen LogP contribution in [0.25, 0.3) is 0 Å². The highest BCUT2D eigenvalue weighted by atomic mass is 32.1. The summed E-state index contributed by atoms with van der Waals surface area (Å²) in [6.45, 7) is 3.28. The Hall–Kier alpha value is -1.65. The molecule has 0 N–H and O–H groups in total. The summed E-state index contributed by atoms with van der Waals surface area (Å²) < 4.78 is 0. The molecule has 3 rings (SSSR count). The van der Waals surface area contributed by atoms with Crippen molar-refractivity contribution in [3.8, 4) is 0 Å². The quantitative estimate of drug-likeness (QED) is 0.794. The Morgan fingerprint density at radius 2 is 2.12 bits per heavy atom. The van der Waals surface area contributed by atoms with Crippen LogP contribution in [-0.2, 0) is 6.42 Å². The van der Waals surface area contributed by atoms with E-state index in [2.05, 4.69) is 35.2 Å². The summed E-state index contributed by atoms with van der Waals surface area (Å²) in [7, 11) is 1.96. The zero-order valence-electron chi connectivity index (χ0n) is 14.4. The van der Waals surface area contributed by atoms with Crippen LogP contribution in [0.15, 0.2) is 47.2 Å². The van der Waals surface area contributed by atoms with E-state index in [1.165, 1.54) is 18.4 Å². The first-order valence-corrected chi connectivity index (χ1v) is 9.74. The molecule has 1 unspecified atom stereocenters. The van der Waals surface area contributed by atoms with Gasteiger partial charge in [0.05, 0.1) is 5.56 Å². The van der Waals surface area contributed by atoms with Crippen LogP contribution in [0.5, 0.6) is 0 Å². The van der Waals surface area contributed by atoms with Gasteiger partial charge in [-0.3, -0.25) is 4.79 Å². The number of hydrogen-bond donors (Lipinski definition) is 0. The average molecular weight is 343 g/mol. The molecule has 128 valence electrons. The van der Waals surface area contributed by atoms with Crippen molar-refractivity contribution < 1.29 is 4.79 Å². The summed E-state index contributed by atoms with van der Waals surface area (Å²) in [6.07, 6.45) is 4.60. The molecule has 1 fully saturated rings. The van der Waals surface area contributed by atoms with Gasteiger partial charge in [-0.25, -0.2) is 0 Å². The first-order valence-electron chi connectivity index (χ1n) is 8.79. The number of carbonyl (C=O) groups excluding carboxylic acids is 1. The molecular formula is C20H26N2OS. The second-order valence-electron chi connectivity index (χ2n) is 6.61. The van der Waals surface area contributed by atoms with Crippen molar-refractivity contribution in [2.45, 2.75) is 31.7 Å². The Morgan fingerprint density at radius 3 is 2.88 bits per heavy atom. The molecule has 1 aliphatic rings. The maximum atomic E-state index is 12.5. The molecule has 1 aliphatic heterocycles. The van der Waals surface area contributed by atoms with Crippen LogP contribution >= 0.6 is 11.3 Å². The molecule has 0 spiro atoms. The van der Waals surface area contributed by atoms with Crippen molar-refractivity contribution in [3.05, 3.63) is 58.3 Å². The molecular weight excluding hydrogens is 316 g/mol. The molecule has 24 heavy (non-hydrogen) atoms. The lowest BCUT2D eigenvalue weighted by atomic mass is 10.0. The molecule has 1 amide bonds. The van der Waals surface area contributed by atoms with Gasteiger partial charge in [-0.15, -0.1) is 0 Å². The third kappa shape index (κ3) is 4.46. The standard InChI is InChI=1S/C20H26N2OS/c1-21(20(23)18-11-14-24-16-18)19-10-6-13-22(15-19)12-5-9-17-7-3-2-4-8-17/h2-4,7-8,11,14,16,19H,5-6,9-10,12-13,15H2,1H3. The lowest BCUT2D eigenvalue weighted by Crippen LogP contribution is -2.48. The van der Waals surface area contributed by atoms with E-state index in [4.69, 9.17) is 0 Å². The average Bonchev–Trinajstić information content (AvgIpc) is 3.16. The van der Waals surface area contributed by atoms with Crippen LogP contribution in [0.2, 0.25) is 0 Å². The van der Waals surface area contributed by atoms with Crippen LogP contribution in [0.1, 0.15) is 35.2 Å². The molecule has 2 heterocycles. The number of likely N-dealkylation sites (tertiary alicyclic amines) is 1. The van der Waals surface area contributed by atoms with Crippen LogP contribution in [-0.4, -0.2) is 48.4 Å². The maximum Gasteiger partial charge on any atom is 0.254 e. The largest absolute Gasteiger partial charge is 0.337 e. The summed E-state index contributed by atoms with van der Waals surface area (Å²) in [6, 6.07) is 12.9. The molecule has 1 aromatic carbocycles. The minimum atomic E-state index is 0.160. The van der Waals surface area contributed by atoms with Gasteiger partial charge in [-0.05, 0) is 55.8 Å². The Kier molecular flexibility index (Phi) is 6.05. The predicted molar refractivity (Wildman–Crippen MR) is 101 cm³/mol. The van der Waals surface area contributed by atoms with Gasteiger partial charge < -0.3 is 9.80 Å². The van der Waals surface area contributed by atoms with E-state index in [1.807, 2.05) is 28.8 Å². The molecule has 0 bridgehead atoms. The zero-order valence-corrected chi connectivity index (χ0v) is 15.2. The smallest absolute Gasteiger partial charge is 0.254 e. The van der Waals surface area contributed by atoms with E-state index in [0.29, 0.717) is 6.04 Å². The molecule has 4 heteroatoms. The Labute approximate surface area is 148 Å². The number of amides is 1. The number of piperidine rings is 1. The van der Waals surface area contributed by atoms with Crippen LogP contribution in [0.3, 0.4) is 0 Å². The Balaban J connectivity index is 1.48. The second-order valence-corrected chi connectivity index (χ2v) is 7.39. The van der Waals surface area contributed by atoms with Crippen LogP contribution in [0, 0.1) is 0 Å². The van der Waals surface area contributed by atoms with E-state index in [-0.39, 0.29) is 5.91 Å². The van der Waals surface area contributed by atoms with E-state index in [9.17, 15) is 4.79 Å². The van der Waals surface area contributed by atoms with Crippen molar-refractivity contribution in [1.82, 2.24) is 9.80 Å². The molecule has 2 aromatic rings. The van der Waals surface area contributed by atoms with Crippen molar-refractivity contribution >= 4 is 17.2 Å². The van der Waals surface area contributed by atoms with Crippen molar-refractivity contribution in [1.29, 1.82) is 0 Å². The summed E-state index contributed by atoms with van der Waals surface area (Å²) >= 11 is 1.58. The van der Waals surface area contributed by atoms with E-state index in [0.717, 1.165) is 38.0 Å². The minimum Gasteiger partial charge on any atom is -0.337 e. The maximum absolute atomic E-state index is 12.5. The van der Waals surface area contributed by atoms with Gasteiger partial charge in [0.1, 0.15) is 0 Å². The van der Waals surface area contributed by atoms with Gasteiger partial charge in [-0.1, -0.05) is 30.3 Å². The minimum absolute atomic E-state index is 0.160. The van der Waals surface area contributed by atoms with E-state index in [1.54, 1.807) is 11.3 Å². The highest BCUT2D eigenvalue weighted by Gasteiger charge is 2.26. The highest BCUT2D eigenvalue weighted by molar-refractivity contribution is 7.08. The van der Waals surface area contributed by atoms with Gasteiger partial charge in [0, 0.05) is 25.0 Å². The first-order chi connectivity index (χ1) is 11.7. The van der Waals surface area contributed by atoms with Gasteiger partial charge in [0.2, 0.25) is 0 Å². The predicted octanol–water partition coefficient (Wildman–Crippen LogP) is 3.92. The van der Waals surface area contributed by atoms with E-state index < -0.39 is 0 Å². The fourth-order valence-electron chi connectivity index (χ4n) is 3.46. The van der Waals surface area contributed by atoms with Gasteiger partial charge >= 0.3 is 0 Å². The van der Waals surface area contributed by atoms with E-state index >= 15 is 0 Å². The monoisotopic (exact) mass is 342 g/mol. The fraction of sp³-hybridized carbons (Fsp3) is 0.450. The lowest BCUT2D eigenvalue weighted by molar-refractivity contribution is 0.0617. The van der Waals surface area contributed by atoms with Crippen molar-refractivity contribution in [3.63, 3.8) is 0 Å². The highest BCUT2D eigenvalue weighted by Crippen LogP contribution is 2.18. The van der Waals surface area contributed by atoms with Crippen LogP contribution in [0.4, 0.5) is 0 Å². The number of nitrogens with zero attached hydrogens (tertiary/aromatic N) is 2. The normalized spacial score (nSPS) is 18.5. The summed E-state index contributed by atoms with van der Waals surface area (Å²) in [5, 5.41) is 3.91. The SMILES string of the molecule is CN(C(=O)c1ccsc1)C1CCCN(CCCc2ccccc2)C1.